The van der Waals surface area contributed by atoms with Crippen LogP contribution in [-0.2, 0) is 14.3 Å². The van der Waals surface area contributed by atoms with Crippen LogP contribution >= 0.6 is 0 Å². The van der Waals surface area contributed by atoms with Crippen LogP contribution in [0.4, 0.5) is 0 Å². The molecule has 0 bridgehead atoms. The Kier molecular flexibility index (Phi) is 59.0. The third-order valence-electron chi connectivity index (χ3n) is 14.7. The first kappa shape index (κ1) is 69.1. The summed E-state index contributed by atoms with van der Waals surface area (Å²) in [4.78, 5) is 24.5. The largest absolute Gasteiger partial charge is 0.466 e. The molecule has 0 saturated carbocycles. The number of carbonyl (C=O) groups excluding carboxylic acids is 2. The Labute approximate surface area is 443 Å². The van der Waals surface area contributed by atoms with Gasteiger partial charge in [-0.1, -0.05) is 301 Å². The molecular formula is C65H123NO5. The van der Waals surface area contributed by atoms with Crippen molar-refractivity contribution in [1.29, 1.82) is 0 Å². The average molecular weight is 999 g/mol. The Bertz CT molecular complexity index is 1150. The summed E-state index contributed by atoms with van der Waals surface area (Å²) in [6, 6.07) is -0.624. The van der Waals surface area contributed by atoms with Crippen molar-refractivity contribution in [1.82, 2.24) is 5.32 Å². The van der Waals surface area contributed by atoms with E-state index < -0.39 is 12.1 Å². The molecule has 0 spiro atoms. The van der Waals surface area contributed by atoms with Crippen LogP contribution in [0, 0.1) is 0 Å². The van der Waals surface area contributed by atoms with Gasteiger partial charge in [-0.05, 0) is 64.2 Å². The van der Waals surface area contributed by atoms with Crippen LogP contribution < -0.4 is 5.32 Å². The Balaban J connectivity index is 3.34. The van der Waals surface area contributed by atoms with E-state index in [0.717, 1.165) is 51.4 Å². The second-order valence-corrected chi connectivity index (χ2v) is 21.7. The van der Waals surface area contributed by atoms with Gasteiger partial charge < -0.3 is 20.3 Å². The van der Waals surface area contributed by atoms with E-state index in [0.29, 0.717) is 19.4 Å². The molecule has 0 fully saturated rings. The molecule has 0 saturated heterocycles. The maximum absolute atomic E-state index is 12.4. The van der Waals surface area contributed by atoms with Crippen molar-refractivity contribution < 1.29 is 24.5 Å². The van der Waals surface area contributed by atoms with Gasteiger partial charge in [0.2, 0.25) is 5.91 Å². The fraction of sp³-hybridized carbons (Fsp3) is 0.877. The highest BCUT2D eigenvalue weighted by Gasteiger charge is 2.18. The van der Waals surface area contributed by atoms with E-state index in [1.54, 1.807) is 6.08 Å². The predicted octanol–water partition coefficient (Wildman–Crippen LogP) is 20.0. The molecular weight excluding hydrogens is 875 g/mol. The molecule has 0 rings (SSSR count). The van der Waals surface area contributed by atoms with Gasteiger partial charge in [-0.15, -0.1) is 0 Å². The van der Waals surface area contributed by atoms with E-state index in [2.05, 4.69) is 43.5 Å². The smallest absolute Gasteiger partial charge is 0.305 e. The molecule has 0 aromatic carbocycles. The minimum atomic E-state index is -0.841. The maximum Gasteiger partial charge on any atom is 0.305 e. The third-order valence-corrected chi connectivity index (χ3v) is 14.7. The molecule has 418 valence electrons. The molecule has 2 atom stereocenters. The number of ether oxygens (including phenoxy) is 1. The fourth-order valence-corrected chi connectivity index (χ4v) is 9.78. The molecule has 1 amide bonds. The van der Waals surface area contributed by atoms with Crippen LogP contribution in [0.2, 0.25) is 0 Å². The average Bonchev–Trinajstić information content (AvgIpc) is 3.37. The SMILES string of the molecule is CCCCCC/C=C\C/C=C\CCCCCCCCCC(=O)OCCCCCCCCCCCCCCCCCCCCCCCCCCCCC(=O)NC(CO)C(O)/C=C/CCCCCCCCCC. The summed E-state index contributed by atoms with van der Waals surface area (Å²) >= 11 is 0. The number of aliphatic hydroxyl groups excluding tert-OH is 2. The molecule has 0 aromatic rings. The van der Waals surface area contributed by atoms with Crippen LogP contribution in [0.25, 0.3) is 0 Å². The van der Waals surface area contributed by atoms with Gasteiger partial charge in [0.05, 0.1) is 25.4 Å². The summed E-state index contributed by atoms with van der Waals surface area (Å²) in [6.07, 6.45) is 76.3. The lowest BCUT2D eigenvalue weighted by Crippen LogP contribution is -2.45. The normalized spacial score (nSPS) is 12.8. The number of allylic oxidation sites excluding steroid dienone is 5. The molecule has 2 unspecified atom stereocenters. The molecule has 71 heavy (non-hydrogen) atoms. The number of rotatable bonds is 59. The number of hydrogen-bond acceptors (Lipinski definition) is 5. The highest BCUT2D eigenvalue weighted by molar-refractivity contribution is 5.76. The summed E-state index contributed by atoms with van der Waals surface area (Å²) in [6.45, 7) is 4.88. The first-order valence-electron chi connectivity index (χ1n) is 31.8. The molecule has 0 radical (unpaired) electrons. The minimum absolute atomic E-state index is 0.00944. The van der Waals surface area contributed by atoms with Gasteiger partial charge in [0, 0.05) is 12.8 Å². The molecule has 0 aliphatic heterocycles. The molecule has 6 nitrogen and oxygen atoms in total. The first-order valence-corrected chi connectivity index (χ1v) is 31.8. The highest BCUT2D eigenvalue weighted by Crippen LogP contribution is 2.18. The topological polar surface area (TPSA) is 95.9 Å². The Morgan fingerprint density at radius 2 is 0.704 bits per heavy atom. The number of unbranched alkanes of at least 4 members (excludes halogenated alkanes) is 44. The second-order valence-electron chi connectivity index (χ2n) is 21.7. The van der Waals surface area contributed by atoms with Crippen molar-refractivity contribution in [2.75, 3.05) is 13.2 Å². The molecule has 0 heterocycles. The van der Waals surface area contributed by atoms with Gasteiger partial charge in [-0.2, -0.15) is 0 Å². The lowest BCUT2D eigenvalue weighted by atomic mass is 10.0. The van der Waals surface area contributed by atoms with Gasteiger partial charge in [-0.25, -0.2) is 0 Å². The Hall–Kier alpha value is -1.92. The molecule has 3 N–H and O–H groups in total. The second kappa shape index (κ2) is 60.6. The number of aliphatic hydroxyl groups is 2. The zero-order valence-electron chi connectivity index (χ0n) is 47.7. The zero-order valence-corrected chi connectivity index (χ0v) is 47.7. The summed E-state index contributed by atoms with van der Waals surface area (Å²) in [5.74, 6) is -0.0576. The first-order chi connectivity index (χ1) is 35.0. The predicted molar refractivity (Wildman–Crippen MR) is 310 cm³/mol. The molecule has 0 aliphatic rings. The van der Waals surface area contributed by atoms with Crippen molar-refractivity contribution >= 4 is 11.9 Å². The van der Waals surface area contributed by atoms with E-state index in [9.17, 15) is 19.8 Å². The molecule has 0 aliphatic carbocycles. The molecule has 0 aromatic heterocycles. The van der Waals surface area contributed by atoms with Crippen molar-refractivity contribution in [2.45, 2.75) is 353 Å². The van der Waals surface area contributed by atoms with Gasteiger partial charge in [0.15, 0.2) is 0 Å². The summed E-state index contributed by atoms with van der Waals surface area (Å²) < 4.78 is 5.50. The van der Waals surface area contributed by atoms with Crippen LogP contribution in [0.5, 0.6) is 0 Å². The lowest BCUT2D eigenvalue weighted by Gasteiger charge is -2.20. The van der Waals surface area contributed by atoms with E-state index in [1.165, 1.54) is 263 Å². The number of esters is 1. The number of amides is 1. The maximum atomic E-state index is 12.4. The standard InChI is InChI=1S/C65H123NO5/c1-3-5-7-9-11-13-15-16-17-18-30-33-36-39-43-47-51-55-59-65(70)71-60-56-52-48-44-40-37-34-31-28-26-24-22-20-19-21-23-25-27-29-32-35-38-42-46-50-54-58-64(69)66-62(61-67)63(68)57-53-49-45-41-14-12-10-8-6-4-2/h13,15,17-18,53,57,62-63,67-68H,3-12,14,16,19-52,54-56,58-61H2,1-2H3,(H,66,69)/b15-13-,18-17-,57-53+. The summed E-state index contributed by atoms with van der Waals surface area (Å²) in [7, 11) is 0. The number of carbonyl (C=O) groups is 2. The van der Waals surface area contributed by atoms with Crippen molar-refractivity contribution in [3.63, 3.8) is 0 Å². The van der Waals surface area contributed by atoms with Crippen molar-refractivity contribution in [3.05, 3.63) is 36.5 Å². The van der Waals surface area contributed by atoms with Crippen molar-refractivity contribution in [3.8, 4) is 0 Å². The van der Waals surface area contributed by atoms with E-state index in [-0.39, 0.29) is 18.5 Å². The van der Waals surface area contributed by atoms with Crippen LogP contribution in [0.3, 0.4) is 0 Å². The van der Waals surface area contributed by atoms with Gasteiger partial charge in [-0.3, -0.25) is 9.59 Å². The van der Waals surface area contributed by atoms with E-state index in [1.807, 2.05) is 6.08 Å². The Morgan fingerprint density at radius 3 is 1.08 bits per heavy atom. The number of hydrogen-bond donors (Lipinski definition) is 3. The van der Waals surface area contributed by atoms with Crippen LogP contribution in [-0.4, -0.2) is 47.4 Å². The third kappa shape index (κ3) is 57.2. The summed E-state index contributed by atoms with van der Waals surface area (Å²) in [5.41, 5.74) is 0. The molecule has 6 heteroatoms. The fourth-order valence-electron chi connectivity index (χ4n) is 9.78. The monoisotopic (exact) mass is 998 g/mol. The minimum Gasteiger partial charge on any atom is -0.466 e. The van der Waals surface area contributed by atoms with Crippen molar-refractivity contribution in [2.24, 2.45) is 0 Å². The Morgan fingerprint density at radius 1 is 0.394 bits per heavy atom. The highest BCUT2D eigenvalue weighted by atomic mass is 16.5. The van der Waals surface area contributed by atoms with Crippen LogP contribution in [0.1, 0.15) is 341 Å². The summed E-state index contributed by atoms with van der Waals surface area (Å²) in [5, 5.41) is 23.0. The van der Waals surface area contributed by atoms with Gasteiger partial charge in [0.1, 0.15) is 0 Å². The lowest BCUT2D eigenvalue weighted by molar-refractivity contribution is -0.143. The number of nitrogens with one attached hydrogen (secondary N) is 1. The quantitative estimate of drug-likeness (QED) is 0.0321. The van der Waals surface area contributed by atoms with Gasteiger partial charge >= 0.3 is 5.97 Å². The van der Waals surface area contributed by atoms with Crippen LogP contribution in [0.15, 0.2) is 36.5 Å². The van der Waals surface area contributed by atoms with E-state index >= 15 is 0 Å². The zero-order chi connectivity index (χ0) is 51.4. The van der Waals surface area contributed by atoms with E-state index in [4.69, 9.17) is 4.74 Å². The van der Waals surface area contributed by atoms with Gasteiger partial charge in [0.25, 0.3) is 0 Å².